The van der Waals surface area contributed by atoms with Crippen LogP contribution in [0.25, 0.3) is 12.2 Å². The average Bonchev–Trinajstić information content (AvgIpc) is 3.62. The first-order valence-corrected chi connectivity index (χ1v) is 16.4. The van der Waals surface area contributed by atoms with Crippen LogP contribution in [-0.2, 0) is 26.5 Å². The quantitative estimate of drug-likeness (QED) is 0.157. The topological polar surface area (TPSA) is 58.9 Å². The van der Waals surface area contributed by atoms with Gasteiger partial charge in [0, 0.05) is 11.1 Å². The van der Waals surface area contributed by atoms with E-state index >= 15 is 0 Å². The van der Waals surface area contributed by atoms with E-state index in [1.54, 1.807) is 12.2 Å². The largest absolute Gasteiger partial charge is 0.378 e. The van der Waals surface area contributed by atoms with Crippen LogP contribution < -0.4 is 0 Å². The molecule has 0 unspecified atom stereocenters. The first kappa shape index (κ1) is 32.2. The summed E-state index contributed by atoms with van der Waals surface area (Å²) in [5.74, 6) is -1.55. The highest BCUT2D eigenvalue weighted by Gasteiger charge is 2.64. The number of hydrogen-bond donors (Lipinski definition) is 2. The zero-order chi connectivity index (χ0) is 33.9. The number of benzene rings is 6. The van der Waals surface area contributed by atoms with E-state index in [1.807, 2.05) is 170 Å². The summed E-state index contributed by atoms with van der Waals surface area (Å²) in [4.78, 5) is 0. The predicted octanol–water partition coefficient (Wildman–Crippen LogP) is 8.83. The molecule has 0 aliphatic carbocycles. The molecule has 1 saturated heterocycles. The second-order valence-electron chi connectivity index (χ2n) is 12.3. The maximum atomic E-state index is 13.4. The minimum Gasteiger partial charge on any atom is -0.378 e. The highest BCUT2D eigenvalue weighted by molar-refractivity contribution is 5.52. The van der Waals surface area contributed by atoms with Crippen LogP contribution in [0.3, 0.4) is 0 Å². The fraction of sp³-hybridized carbons (Fsp3) is 0.111. The van der Waals surface area contributed by atoms with E-state index in [-0.39, 0.29) is 0 Å². The molecule has 6 aromatic rings. The first-order chi connectivity index (χ1) is 23.9. The van der Waals surface area contributed by atoms with Crippen molar-refractivity contribution in [2.24, 2.45) is 0 Å². The van der Waals surface area contributed by atoms with Crippen LogP contribution in [0.1, 0.15) is 44.5 Å². The molecule has 0 spiro atoms. The summed E-state index contributed by atoms with van der Waals surface area (Å²) in [6.45, 7) is 7.88. The molecule has 0 aromatic heterocycles. The number of rotatable bonds is 10. The fourth-order valence-corrected chi connectivity index (χ4v) is 6.99. The summed E-state index contributed by atoms with van der Waals surface area (Å²) < 4.78 is 14.7. The van der Waals surface area contributed by atoms with Gasteiger partial charge in [-0.2, -0.15) is 0 Å². The molecule has 6 aromatic carbocycles. The summed E-state index contributed by atoms with van der Waals surface area (Å²) in [6.07, 6.45) is 1.26. The third-order valence-corrected chi connectivity index (χ3v) is 9.59. The molecule has 242 valence electrons. The third-order valence-electron chi connectivity index (χ3n) is 9.59. The predicted molar refractivity (Wildman–Crippen MR) is 195 cm³/mol. The number of ether oxygens (including phenoxy) is 2. The molecule has 1 aliphatic rings. The SMILES string of the molecule is C=Cc1ccc(C2(c3ccc(C=C)cc3)O[C@@H](C(O)(c3ccccc3)c3ccccc3)[C@H](C(O)(c3ccccc3)c3ccccc3)O2)cc1. The van der Waals surface area contributed by atoms with E-state index in [0.717, 1.165) is 11.1 Å². The standard InChI is InChI=1S/C45H38O4/c1-3-33-25-29-39(30-26-33)45(40-31-27-34(4-2)28-32-40)48-41(43(46,35-17-9-5-10-18-35)36-19-11-6-12-20-36)42(49-45)44(47,37-21-13-7-14-22-37)38-23-15-8-16-24-38/h3-32,41-42,46-47H,1-2H2/t41-,42-/m1/s1. The molecular formula is C45H38O4. The lowest BCUT2D eigenvalue weighted by Crippen LogP contribution is -2.54. The third kappa shape index (κ3) is 5.55. The average molecular weight is 643 g/mol. The fourth-order valence-electron chi connectivity index (χ4n) is 6.99. The van der Waals surface area contributed by atoms with Crippen molar-refractivity contribution in [3.63, 3.8) is 0 Å². The van der Waals surface area contributed by atoms with Gasteiger partial charge >= 0.3 is 0 Å². The van der Waals surface area contributed by atoms with Gasteiger partial charge in [-0.15, -0.1) is 0 Å². The minimum atomic E-state index is -1.78. The van der Waals surface area contributed by atoms with Gasteiger partial charge in [0.15, 0.2) is 0 Å². The van der Waals surface area contributed by atoms with Gasteiger partial charge in [-0.1, -0.05) is 195 Å². The Balaban J connectivity index is 1.56. The van der Waals surface area contributed by atoms with Gasteiger partial charge in [0.25, 0.3) is 0 Å². The molecule has 2 N–H and O–H groups in total. The van der Waals surface area contributed by atoms with Crippen LogP contribution in [0.5, 0.6) is 0 Å². The molecule has 1 heterocycles. The van der Waals surface area contributed by atoms with Gasteiger partial charge in [0.1, 0.15) is 23.4 Å². The van der Waals surface area contributed by atoms with Crippen molar-refractivity contribution >= 4 is 12.2 Å². The van der Waals surface area contributed by atoms with E-state index < -0.39 is 29.2 Å². The molecule has 1 aliphatic heterocycles. The lowest BCUT2D eigenvalue weighted by molar-refractivity contribution is -0.176. The van der Waals surface area contributed by atoms with Gasteiger partial charge in [-0.3, -0.25) is 0 Å². The minimum absolute atomic E-state index is 0.600. The van der Waals surface area contributed by atoms with Gasteiger partial charge in [-0.25, -0.2) is 0 Å². The maximum absolute atomic E-state index is 13.4. The Kier molecular flexibility index (Phi) is 8.72. The molecule has 2 atom stereocenters. The van der Waals surface area contributed by atoms with E-state index in [0.29, 0.717) is 33.4 Å². The summed E-state index contributed by atoms with van der Waals surface area (Å²) in [7, 11) is 0. The maximum Gasteiger partial charge on any atom is 0.223 e. The van der Waals surface area contributed by atoms with Crippen molar-refractivity contribution in [1.82, 2.24) is 0 Å². The van der Waals surface area contributed by atoms with Crippen molar-refractivity contribution in [2.75, 3.05) is 0 Å². The Bertz CT molecular complexity index is 1780. The van der Waals surface area contributed by atoms with E-state index in [2.05, 4.69) is 13.2 Å². The summed E-state index contributed by atoms with van der Waals surface area (Å²) in [5, 5.41) is 26.9. The lowest BCUT2D eigenvalue weighted by atomic mass is 9.72. The van der Waals surface area contributed by atoms with Crippen molar-refractivity contribution in [3.8, 4) is 0 Å². The van der Waals surface area contributed by atoms with Crippen LogP contribution in [0, 0.1) is 0 Å². The molecule has 1 fully saturated rings. The van der Waals surface area contributed by atoms with Gasteiger partial charge in [0.2, 0.25) is 5.79 Å². The Hall–Kier alpha value is -5.36. The first-order valence-electron chi connectivity index (χ1n) is 16.4. The van der Waals surface area contributed by atoms with E-state index in [1.165, 1.54) is 0 Å². The van der Waals surface area contributed by atoms with Crippen LogP contribution >= 0.6 is 0 Å². The van der Waals surface area contributed by atoms with Gasteiger partial charge in [-0.05, 0) is 33.4 Å². The van der Waals surface area contributed by atoms with Crippen LogP contribution in [-0.4, -0.2) is 22.4 Å². The molecule has 7 rings (SSSR count). The molecule has 0 saturated carbocycles. The van der Waals surface area contributed by atoms with Crippen molar-refractivity contribution in [1.29, 1.82) is 0 Å². The molecular weight excluding hydrogens is 604 g/mol. The van der Waals surface area contributed by atoms with Crippen LogP contribution in [0.15, 0.2) is 183 Å². The normalized spacial score (nSPS) is 17.3. The highest BCUT2D eigenvalue weighted by atomic mass is 16.8. The Morgan fingerprint density at radius 2 is 0.694 bits per heavy atom. The Morgan fingerprint density at radius 3 is 0.939 bits per heavy atom. The molecule has 49 heavy (non-hydrogen) atoms. The smallest absolute Gasteiger partial charge is 0.223 e. The van der Waals surface area contributed by atoms with Crippen molar-refractivity contribution in [2.45, 2.75) is 29.2 Å². The summed E-state index contributed by atoms with van der Waals surface area (Å²) in [6, 6.07) is 53.5. The zero-order valence-electron chi connectivity index (χ0n) is 27.1. The second-order valence-corrected chi connectivity index (χ2v) is 12.3. The Labute approximate surface area is 287 Å². The molecule has 0 bridgehead atoms. The molecule has 0 radical (unpaired) electrons. The lowest BCUT2D eigenvalue weighted by Gasteiger charge is -2.42. The van der Waals surface area contributed by atoms with Gasteiger partial charge in [0.05, 0.1) is 0 Å². The summed E-state index contributed by atoms with van der Waals surface area (Å²) in [5.41, 5.74) is 2.10. The van der Waals surface area contributed by atoms with E-state index in [9.17, 15) is 10.2 Å². The van der Waals surface area contributed by atoms with Gasteiger partial charge < -0.3 is 19.7 Å². The van der Waals surface area contributed by atoms with Crippen LogP contribution in [0.2, 0.25) is 0 Å². The monoisotopic (exact) mass is 642 g/mol. The molecule has 0 amide bonds. The van der Waals surface area contributed by atoms with Crippen molar-refractivity contribution < 1.29 is 19.7 Å². The second kappa shape index (κ2) is 13.3. The highest BCUT2D eigenvalue weighted by Crippen LogP contribution is 2.55. The Morgan fingerprint density at radius 1 is 0.429 bits per heavy atom. The summed E-state index contributed by atoms with van der Waals surface area (Å²) >= 11 is 0. The zero-order valence-corrected chi connectivity index (χ0v) is 27.1. The van der Waals surface area contributed by atoms with Crippen molar-refractivity contribution in [3.05, 3.63) is 228 Å². The van der Waals surface area contributed by atoms with Crippen LogP contribution in [0.4, 0.5) is 0 Å². The molecule has 4 nitrogen and oxygen atoms in total. The number of aliphatic hydroxyl groups is 2. The molecule has 4 heteroatoms. The van der Waals surface area contributed by atoms with E-state index in [4.69, 9.17) is 9.47 Å². The number of hydrogen-bond acceptors (Lipinski definition) is 4.